The van der Waals surface area contributed by atoms with Crippen molar-refractivity contribution < 1.29 is 4.79 Å². The molecule has 4 rings (SSSR count). The molecule has 0 fully saturated rings. The van der Waals surface area contributed by atoms with E-state index < -0.39 is 11.4 Å². The molecule has 1 unspecified atom stereocenters. The van der Waals surface area contributed by atoms with Crippen LogP contribution in [0, 0.1) is 6.92 Å². The Bertz CT molecular complexity index is 1180. The van der Waals surface area contributed by atoms with E-state index >= 15 is 0 Å². The van der Waals surface area contributed by atoms with Gasteiger partial charge in [-0.15, -0.1) is 5.10 Å². The zero-order valence-electron chi connectivity index (χ0n) is 18.6. The van der Waals surface area contributed by atoms with Gasteiger partial charge in [0.1, 0.15) is 0 Å². The van der Waals surface area contributed by atoms with E-state index in [4.69, 9.17) is 5.73 Å². The van der Waals surface area contributed by atoms with Crippen molar-refractivity contribution in [3.05, 3.63) is 77.4 Å². The van der Waals surface area contributed by atoms with Crippen molar-refractivity contribution in [3.8, 4) is 0 Å². The Morgan fingerprint density at radius 3 is 2.59 bits per heavy atom. The molecule has 32 heavy (non-hydrogen) atoms. The van der Waals surface area contributed by atoms with Gasteiger partial charge in [-0.3, -0.25) is 19.7 Å². The molecule has 3 aromatic heterocycles. The largest absolute Gasteiger partial charge is 0.366 e. The Balaban J connectivity index is 1.99. The van der Waals surface area contributed by atoms with Crippen LogP contribution in [0.15, 0.2) is 54.6 Å². The summed E-state index contributed by atoms with van der Waals surface area (Å²) < 4.78 is 1.81. The van der Waals surface area contributed by atoms with Crippen LogP contribution in [0.1, 0.15) is 61.8 Å². The van der Waals surface area contributed by atoms with Crippen molar-refractivity contribution in [1.82, 2.24) is 35.2 Å². The molecule has 0 spiro atoms. The van der Waals surface area contributed by atoms with E-state index in [0.29, 0.717) is 17.8 Å². The highest BCUT2D eigenvalue weighted by molar-refractivity contribution is 5.96. The number of nitrogens with two attached hydrogens (primary N) is 1. The van der Waals surface area contributed by atoms with Gasteiger partial charge in [-0.2, -0.15) is 0 Å². The van der Waals surface area contributed by atoms with Crippen molar-refractivity contribution >= 4 is 11.5 Å². The third-order valence-corrected chi connectivity index (χ3v) is 5.91. The normalized spacial score (nSPS) is 19.4. The molecule has 0 bridgehead atoms. The Morgan fingerprint density at radius 2 is 1.97 bits per heavy atom. The van der Waals surface area contributed by atoms with Gasteiger partial charge in [0.05, 0.1) is 16.9 Å². The van der Waals surface area contributed by atoms with Gasteiger partial charge in [-0.1, -0.05) is 26.8 Å². The molecule has 164 valence electrons. The van der Waals surface area contributed by atoms with Crippen LogP contribution < -0.4 is 5.73 Å². The summed E-state index contributed by atoms with van der Waals surface area (Å²) in [6.45, 7) is 8.08. The summed E-state index contributed by atoms with van der Waals surface area (Å²) >= 11 is 0. The van der Waals surface area contributed by atoms with Crippen LogP contribution in [0.2, 0.25) is 0 Å². The number of primary amides is 1. The van der Waals surface area contributed by atoms with Crippen molar-refractivity contribution in [2.75, 3.05) is 0 Å². The van der Waals surface area contributed by atoms with Gasteiger partial charge in [-0.25, -0.2) is 4.68 Å². The molecule has 1 aliphatic carbocycles. The average molecular weight is 431 g/mol. The van der Waals surface area contributed by atoms with Crippen molar-refractivity contribution in [3.63, 3.8) is 0 Å². The average Bonchev–Trinajstić information content (AvgIpc) is 3.30. The number of pyridine rings is 1. The lowest BCUT2D eigenvalue weighted by molar-refractivity contribution is -0.114. The van der Waals surface area contributed by atoms with Gasteiger partial charge >= 0.3 is 0 Å². The molecule has 3 heterocycles. The van der Waals surface area contributed by atoms with E-state index in [2.05, 4.69) is 36.6 Å². The van der Waals surface area contributed by atoms with Gasteiger partial charge in [0.25, 0.3) is 0 Å². The summed E-state index contributed by atoms with van der Waals surface area (Å²) in [7, 11) is 0. The molecular weight excluding hydrogens is 404 g/mol. The smallest absolute Gasteiger partial charge is 0.244 e. The number of carbonyl (C=O) groups excluding carboxylic acids is 1. The first-order valence-corrected chi connectivity index (χ1v) is 10.5. The summed E-state index contributed by atoms with van der Waals surface area (Å²) in [6.07, 6.45) is 11.0. The van der Waals surface area contributed by atoms with Crippen molar-refractivity contribution in [2.24, 2.45) is 5.73 Å². The molecule has 0 aromatic carbocycles. The lowest BCUT2D eigenvalue weighted by Crippen LogP contribution is -2.43. The van der Waals surface area contributed by atoms with Crippen LogP contribution in [0.4, 0.5) is 0 Å². The van der Waals surface area contributed by atoms with Gasteiger partial charge < -0.3 is 5.73 Å². The number of aromatic nitrogens is 7. The topological polar surface area (TPSA) is 125 Å². The minimum Gasteiger partial charge on any atom is -0.366 e. The highest BCUT2D eigenvalue weighted by Gasteiger charge is 2.45. The van der Waals surface area contributed by atoms with Crippen LogP contribution >= 0.6 is 0 Å². The summed E-state index contributed by atoms with van der Waals surface area (Å²) in [5.74, 6) is 0.0606. The molecule has 9 heteroatoms. The highest BCUT2D eigenvalue weighted by atomic mass is 16.1. The van der Waals surface area contributed by atoms with Crippen LogP contribution in [0.25, 0.3) is 5.57 Å². The Kier molecular flexibility index (Phi) is 5.65. The fraction of sp³-hybridized carbons (Fsp3) is 0.348. The summed E-state index contributed by atoms with van der Waals surface area (Å²) in [4.78, 5) is 25.8. The van der Waals surface area contributed by atoms with E-state index in [-0.39, 0.29) is 11.8 Å². The Hall–Kier alpha value is -3.75. The maximum Gasteiger partial charge on any atom is 0.244 e. The van der Waals surface area contributed by atoms with Crippen molar-refractivity contribution in [2.45, 2.75) is 51.5 Å². The third-order valence-electron chi connectivity index (χ3n) is 5.91. The molecule has 1 aliphatic rings. The molecule has 0 saturated heterocycles. The molecule has 1 amide bonds. The number of allylic oxidation sites excluding steroid dienone is 3. The number of hydrogen-bond acceptors (Lipinski definition) is 7. The third kappa shape index (κ3) is 3.81. The summed E-state index contributed by atoms with van der Waals surface area (Å²) in [6, 6.07) is 3.92. The summed E-state index contributed by atoms with van der Waals surface area (Å²) in [5, 5.41) is 12.6. The molecule has 0 aliphatic heterocycles. The maximum absolute atomic E-state index is 12.4. The minimum absolute atomic E-state index is 0.0632. The number of rotatable bonds is 6. The maximum atomic E-state index is 12.4. The SMILES string of the molecule is Cc1ccc(C2=CC([C@H](C)c3cnccn3)(n3nnnc3C(C)C)CC(C(N)=O)=C2)nc1. The lowest BCUT2D eigenvalue weighted by atomic mass is 9.73. The van der Waals surface area contributed by atoms with E-state index in [1.807, 2.05) is 39.8 Å². The Morgan fingerprint density at radius 1 is 1.16 bits per heavy atom. The zero-order valence-corrected chi connectivity index (χ0v) is 18.6. The molecule has 2 atom stereocenters. The molecule has 2 N–H and O–H groups in total. The standard InChI is InChI=1S/C23H26N8O/c1-14(2)22-28-29-30-31(22)23(16(4)20-13-25-7-8-26-20)10-17(9-18(11-23)21(24)32)19-6-5-15(3)12-27-19/h5-10,12-14,16H,11H2,1-4H3,(H2,24,32)/t16-,23?/m1/s1. The van der Waals surface area contributed by atoms with E-state index in [0.717, 1.165) is 22.5 Å². The van der Waals surface area contributed by atoms with Gasteiger partial charge in [-0.05, 0) is 46.7 Å². The fourth-order valence-corrected chi connectivity index (χ4v) is 4.09. The molecular formula is C23H26N8O. The number of nitrogens with zero attached hydrogens (tertiary/aromatic N) is 7. The number of aryl methyl sites for hydroxylation is 1. The number of carbonyl (C=O) groups is 1. The van der Waals surface area contributed by atoms with E-state index in [9.17, 15) is 4.79 Å². The van der Waals surface area contributed by atoms with Crippen molar-refractivity contribution in [1.29, 1.82) is 0 Å². The van der Waals surface area contributed by atoms with Gasteiger partial charge in [0.2, 0.25) is 5.91 Å². The van der Waals surface area contributed by atoms with Gasteiger partial charge in [0.15, 0.2) is 5.82 Å². The second-order valence-corrected chi connectivity index (χ2v) is 8.48. The summed E-state index contributed by atoms with van der Waals surface area (Å²) in [5.41, 5.74) is 8.77. The highest BCUT2D eigenvalue weighted by Crippen LogP contribution is 2.45. The first-order valence-electron chi connectivity index (χ1n) is 10.5. The van der Waals surface area contributed by atoms with E-state index in [1.54, 1.807) is 35.5 Å². The molecule has 9 nitrogen and oxygen atoms in total. The quantitative estimate of drug-likeness (QED) is 0.637. The predicted octanol–water partition coefficient (Wildman–Crippen LogP) is 2.69. The Labute approximate surface area is 186 Å². The van der Waals surface area contributed by atoms with Gasteiger partial charge in [0, 0.05) is 48.6 Å². The van der Waals surface area contributed by atoms with Crippen LogP contribution in [0.5, 0.6) is 0 Å². The zero-order chi connectivity index (χ0) is 22.9. The number of amides is 1. The van der Waals surface area contributed by atoms with Crippen LogP contribution in [0.3, 0.4) is 0 Å². The molecule has 3 aromatic rings. The molecule has 0 saturated carbocycles. The van der Waals surface area contributed by atoms with E-state index in [1.165, 1.54) is 0 Å². The monoisotopic (exact) mass is 430 g/mol. The fourth-order valence-electron chi connectivity index (χ4n) is 4.09. The first-order chi connectivity index (χ1) is 15.3. The second kappa shape index (κ2) is 8.41. The molecule has 0 radical (unpaired) electrons. The minimum atomic E-state index is -0.833. The number of tetrazole rings is 1. The van der Waals surface area contributed by atoms with Crippen LogP contribution in [-0.4, -0.2) is 41.1 Å². The first kappa shape index (κ1) is 21.5. The van der Waals surface area contributed by atoms with Crippen LogP contribution in [-0.2, 0) is 10.3 Å². The lowest BCUT2D eigenvalue weighted by Gasteiger charge is -2.40. The predicted molar refractivity (Wildman–Crippen MR) is 119 cm³/mol. The second-order valence-electron chi connectivity index (χ2n) is 8.48. The number of hydrogen-bond donors (Lipinski definition) is 1.